The average Bonchev–Trinajstić information content (AvgIpc) is 3.71. The summed E-state index contributed by atoms with van der Waals surface area (Å²) >= 11 is 0. The second-order valence-electron chi connectivity index (χ2n) is 9.66. The third-order valence-corrected chi connectivity index (χ3v) is 7.15. The molecule has 0 radical (unpaired) electrons. The van der Waals surface area contributed by atoms with Crippen LogP contribution >= 0.6 is 0 Å². The third kappa shape index (κ3) is 4.20. The summed E-state index contributed by atoms with van der Waals surface area (Å²) < 4.78 is 7.27. The van der Waals surface area contributed by atoms with E-state index in [-0.39, 0.29) is 5.97 Å². The number of aryl methyl sites for hydroxylation is 1. The molecule has 0 bridgehead atoms. The molecule has 1 aliphatic rings. The second-order valence-corrected chi connectivity index (χ2v) is 9.66. The summed E-state index contributed by atoms with van der Waals surface area (Å²) in [6.07, 6.45) is 6.93. The molecule has 1 saturated carbocycles. The van der Waals surface area contributed by atoms with E-state index in [4.69, 9.17) is 9.72 Å². The number of hydrogen-bond donors (Lipinski definition) is 0. The zero-order chi connectivity index (χ0) is 24.6. The molecule has 0 spiro atoms. The van der Waals surface area contributed by atoms with E-state index < -0.39 is 0 Å². The van der Waals surface area contributed by atoms with E-state index in [9.17, 15) is 4.79 Å². The SMILES string of the molecule is COC(=O)c1cc(C2CC2)cnc1Cc1cc(-c2ccc(-c3ccccc3)cc2)c2c(ccn2C)c1. The van der Waals surface area contributed by atoms with Gasteiger partial charge < -0.3 is 9.30 Å². The lowest BCUT2D eigenvalue weighted by Crippen LogP contribution is -2.09. The molecule has 0 unspecified atom stereocenters. The predicted molar refractivity (Wildman–Crippen MR) is 144 cm³/mol. The number of hydrogen-bond acceptors (Lipinski definition) is 3. The number of rotatable bonds is 6. The summed E-state index contributed by atoms with van der Waals surface area (Å²) in [4.78, 5) is 17.3. The Labute approximate surface area is 211 Å². The minimum atomic E-state index is -0.322. The van der Waals surface area contributed by atoms with Gasteiger partial charge in [-0.3, -0.25) is 4.98 Å². The minimum absolute atomic E-state index is 0.322. The van der Waals surface area contributed by atoms with Crippen molar-refractivity contribution in [2.45, 2.75) is 25.2 Å². The number of fused-ring (bicyclic) bond motifs is 1. The van der Waals surface area contributed by atoms with Crippen LogP contribution in [-0.2, 0) is 18.2 Å². The summed E-state index contributed by atoms with van der Waals surface area (Å²) in [5, 5.41) is 1.17. The van der Waals surface area contributed by atoms with Gasteiger partial charge in [-0.1, -0.05) is 54.6 Å². The molecule has 0 amide bonds. The van der Waals surface area contributed by atoms with Crippen LogP contribution in [0.25, 0.3) is 33.2 Å². The molecule has 2 aromatic heterocycles. The van der Waals surface area contributed by atoms with Crippen molar-refractivity contribution in [2.75, 3.05) is 7.11 Å². The lowest BCUT2D eigenvalue weighted by Gasteiger charge is -2.13. The van der Waals surface area contributed by atoms with Gasteiger partial charge in [-0.25, -0.2) is 4.79 Å². The molecule has 36 heavy (non-hydrogen) atoms. The minimum Gasteiger partial charge on any atom is -0.465 e. The highest BCUT2D eigenvalue weighted by Crippen LogP contribution is 2.40. The third-order valence-electron chi connectivity index (χ3n) is 7.15. The first-order chi connectivity index (χ1) is 17.6. The highest BCUT2D eigenvalue weighted by molar-refractivity contribution is 5.96. The summed E-state index contributed by atoms with van der Waals surface area (Å²) in [5.41, 5.74) is 9.51. The molecule has 3 aromatic carbocycles. The normalized spacial score (nSPS) is 13.2. The van der Waals surface area contributed by atoms with Crippen LogP contribution in [0.3, 0.4) is 0 Å². The van der Waals surface area contributed by atoms with Gasteiger partial charge in [-0.05, 0) is 70.8 Å². The van der Waals surface area contributed by atoms with Crippen LogP contribution in [0, 0.1) is 0 Å². The Kier molecular flexibility index (Phi) is 5.65. The molecular weight excluding hydrogens is 444 g/mol. The van der Waals surface area contributed by atoms with Crippen LogP contribution in [0.15, 0.2) is 91.3 Å². The van der Waals surface area contributed by atoms with Gasteiger partial charge in [-0.2, -0.15) is 0 Å². The highest BCUT2D eigenvalue weighted by atomic mass is 16.5. The van der Waals surface area contributed by atoms with E-state index in [1.807, 2.05) is 18.3 Å². The van der Waals surface area contributed by atoms with Gasteiger partial charge in [-0.15, -0.1) is 0 Å². The van der Waals surface area contributed by atoms with Gasteiger partial charge in [0.05, 0.1) is 23.9 Å². The summed E-state index contributed by atoms with van der Waals surface area (Å²) in [7, 11) is 3.51. The molecule has 4 heteroatoms. The standard InChI is InChI=1S/C32H28N2O2/c1-34-15-14-26-16-21(18-30-29(32(35)36-2)19-27(20-33-30)24-8-9-24)17-28(31(26)34)25-12-10-23(11-13-25)22-6-4-3-5-7-22/h3-7,10-17,19-20,24H,8-9,18H2,1-2H3. The maximum Gasteiger partial charge on any atom is 0.339 e. The van der Waals surface area contributed by atoms with Crippen molar-refractivity contribution in [3.63, 3.8) is 0 Å². The van der Waals surface area contributed by atoms with Crippen LogP contribution < -0.4 is 0 Å². The zero-order valence-corrected chi connectivity index (χ0v) is 20.6. The number of carbonyl (C=O) groups is 1. The summed E-state index contributed by atoms with van der Waals surface area (Å²) in [5.74, 6) is 0.207. The van der Waals surface area contributed by atoms with Crippen molar-refractivity contribution in [3.8, 4) is 22.3 Å². The first-order valence-electron chi connectivity index (χ1n) is 12.4. The molecule has 178 valence electrons. The lowest BCUT2D eigenvalue weighted by molar-refractivity contribution is 0.0599. The highest BCUT2D eigenvalue weighted by Gasteiger charge is 2.26. The molecule has 0 saturated heterocycles. The number of pyridine rings is 1. The van der Waals surface area contributed by atoms with E-state index in [0.717, 1.165) is 22.4 Å². The number of nitrogens with zero attached hydrogens (tertiary/aromatic N) is 2. The lowest BCUT2D eigenvalue weighted by atomic mass is 9.95. The van der Waals surface area contributed by atoms with Crippen LogP contribution in [0.1, 0.15) is 45.9 Å². The van der Waals surface area contributed by atoms with Gasteiger partial charge in [0, 0.05) is 36.8 Å². The van der Waals surface area contributed by atoms with E-state index in [1.165, 1.54) is 47.5 Å². The Hall–Kier alpha value is -4.18. The van der Waals surface area contributed by atoms with Crippen LogP contribution in [-0.4, -0.2) is 22.6 Å². The van der Waals surface area contributed by atoms with E-state index >= 15 is 0 Å². The van der Waals surface area contributed by atoms with Crippen LogP contribution in [0.4, 0.5) is 0 Å². The maximum atomic E-state index is 12.6. The predicted octanol–water partition coefficient (Wildman–Crippen LogP) is 7.16. The van der Waals surface area contributed by atoms with Gasteiger partial charge in [0.15, 0.2) is 0 Å². The molecule has 4 nitrogen and oxygen atoms in total. The van der Waals surface area contributed by atoms with Gasteiger partial charge >= 0.3 is 5.97 Å². The topological polar surface area (TPSA) is 44.1 Å². The number of carbonyl (C=O) groups excluding carboxylic acids is 1. The first-order valence-corrected chi connectivity index (χ1v) is 12.4. The number of aromatic nitrogens is 2. The van der Waals surface area contributed by atoms with Crippen molar-refractivity contribution in [3.05, 3.63) is 114 Å². The van der Waals surface area contributed by atoms with E-state index in [0.29, 0.717) is 17.9 Å². The molecule has 1 aliphatic carbocycles. The fraction of sp³-hybridized carbons (Fsp3) is 0.188. The van der Waals surface area contributed by atoms with Crippen molar-refractivity contribution >= 4 is 16.9 Å². The second kappa shape index (κ2) is 9.12. The fourth-order valence-corrected chi connectivity index (χ4v) is 5.07. The monoisotopic (exact) mass is 472 g/mol. The molecule has 5 aromatic rings. The Morgan fingerprint density at radius 2 is 1.67 bits per heavy atom. The molecule has 0 atom stereocenters. The van der Waals surface area contributed by atoms with E-state index in [1.54, 1.807) is 0 Å². The summed E-state index contributed by atoms with van der Waals surface area (Å²) in [6, 6.07) is 27.7. The summed E-state index contributed by atoms with van der Waals surface area (Å²) in [6.45, 7) is 0. The molecule has 6 rings (SSSR count). The Bertz CT molecular complexity index is 1560. The Morgan fingerprint density at radius 1 is 0.944 bits per heavy atom. The van der Waals surface area contributed by atoms with Crippen molar-refractivity contribution in [1.29, 1.82) is 0 Å². The van der Waals surface area contributed by atoms with Gasteiger partial charge in [0.25, 0.3) is 0 Å². The average molecular weight is 473 g/mol. The van der Waals surface area contributed by atoms with Crippen LogP contribution in [0.5, 0.6) is 0 Å². The number of esters is 1. The van der Waals surface area contributed by atoms with Crippen molar-refractivity contribution in [1.82, 2.24) is 9.55 Å². The van der Waals surface area contributed by atoms with Crippen molar-refractivity contribution < 1.29 is 9.53 Å². The molecule has 1 fully saturated rings. The molecule has 0 N–H and O–H groups in total. The number of ether oxygens (including phenoxy) is 1. The maximum absolute atomic E-state index is 12.6. The number of methoxy groups -OCH3 is 1. The van der Waals surface area contributed by atoms with Gasteiger partial charge in [0.2, 0.25) is 0 Å². The van der Waals surface area contributed by atoms with Crippen LogP contribution in [0.2, 0.25) is 0 Å². The Balaban J connectivity index is 1.40. The molecule has 0 aliphatic heterocycles. The number of benzene rings is 3. The zero-order valence-electron chi connectivity index (χ0n) is 20.6. The largest absolute Gasteiger partial charge is 0.465 e. The molecule has 2 heterocycles. The Morgan fingerprint density at radius 3 is 2.39 bits per heavy atom. The molecular formula is C32H28N2O2. The van der Waals surface area contributed by atoms with E-state index in [2.05, 4.69) is 84.5 Å². The van der Waals surface area contributed by atoms with Crippen molar-refractivity contribution in [2.24, 2.45) is 7.05 Å². The quantitative estimate of drug-likeness (QED) is 0.246. The fourth-order valence-electron chi connectivity index (χ4n) is 5.07. The van der Waals surface area contributed by atoms with Gasteiger partial charge in [0.1, 0.15) is 0 Å². The first kappa shape index (κ1) is 22.3. The smallest absolute Gasteiger partial charge is 0.339 e.